The van der Waals surface area contributed by atoms with E-state index in [2.05, 4.69) is 21.2 Å². The number of aliphatic hydroxyl groups excluding tert-OH is 1. The van der Waals surface area contributed by atoms with E-state index in [-0.39, 0.29) is 5.56 Å². The van der Waals surface area contributed by atoms with E-state index < -0.39 is 24.4 Å². The number of alkyl halides is 2. The molecule has 1 fully saturated rings. The molecule has 0 amide bonds. The van der Waals surface area contributed by atoms with E-state index in [4.69, 9.17) is 5.11 Å². The molecule has 1 saturated heterocycles. The van der Waals surface area contributed by atoms with Gasteiger partial charge < -0.3 is 10.4 Å². The van der Waals surface area contributed by atoms with Crippen LogP contribution >= 0.6 is 15.9 Å². The molecule has 0 radical (unpaired) electrons. The first-order valence-electron chi connectivity index (χ1n) is 6.76. The SMILES string of the molecule is Cc1cc(Br)cc([C@H](N2CCNCC2)C(F)(F)CO)c1F. The molecule has 118 valence electrons. The van der Waals surface area contributed by atoms with E-state index in [1.807, 2.05) is 0 Å². The smallest absolute Gasteiger partial charge is 0.290 e. The average molecular weight is 367 g/mol. The van der Waals surface area contributed by atoms with Gasteiger partial charge in [0.05, 0.1) is 0 Å². The normalized spacial score (nSPS) is 18.8. The lowest BCUT2D eigenvalue weighted by Crippen LogP contribution is -2.51. The Kier molecular flexibility index (Phi) is 5.29. The Morgan fingerprint density at radius 2 is 2.00 bits per heavy atom. The number of halogens is 4. The van der Waals surface area contributed by atoms with Crippen LogP contribution in [0.25, 0.3) is 0 Å². The van der Waals surface area contributed by atoms with Gasteiger partial charge in [0.2, 0.25) is 0 Å². The van der Waals surface area contributed by atoms with Gasteiger partial charge in [-0.2, -0.15) is 0 Å². The number of aliphatic hydroxyl groups is 1. The van der Waals surface area contributed by atoms with Crippen LogP contribution in [0.15, 0.2) is 16.6 Å². The van der Waals surface area contributed by atoms with Crippen LogP contribution in [0.5, 0.6) is 0 Å². The minimum Gasteiger partial charge on any atom is -0.390 e. The predicted octanol–water partition coefficient (Wildman–Crippen LogP) is 2.47. The maximum atomic E-state index is 14.4. The Morgan fingerprint density at radius 1 is 1.38 bits per heavy atom. The second kappa shape index (κ2) is 6.64. The zero-order chi connectivity index (χ0) is 15.6. The van der Waals surface area contributed by atoms with Crippen molar-refractivity contribution in [3.8, 4) is 0 Å². The van der Waals surface area contributed by atoms with Crippen molar-refractivity contribution in [2.45, 2.75) is 18.9 Å². The van der Waals surface area contributed by atoms with E-state index in [1.165, 1.54) is 17.9 Å². The highest BCUT2D eigenvalue weighted by Gasteiger charge is 2.45. The zero-order valence-electron chi connectivity index (χ0n) is 11.7. The predicted molar refractivity (Wildman–Crippen MR) is 78.1 cm³/mol. The number of hydrogen-bond donors (Lipinski definition) is 2. The average Bonchev–Trinajstić information content (AvgIpc) is 2.45. The second-order valence-corrected chi connectivity index (χ2v) is 6.15. The number of piperazine rings is 1. The molecule has 1 heterocycles. The quantitative estimate of drug-likeness (QED) is 0.859. The first-order valence-corrected chi connectivity index (χ1v) is 7.55. The molecule has 0 spiro atoms. The Balaban J connectivity index is 2.49. The van der Waals surface area contributed by atoms with Crippen molar-refractivity contribution in [2.75, 3.05) is 32.8 Å². The summed E-state index contributed by atoms with van der Waals surface area (Å²) in [4.78, 5) is 1.52. The first-order chi connectivity index (χ1) is 9.86. The van der Waals surface area contributed by atoms with Crippen LogP contribution in [0.1, 0.15) is 17.2 Å². The van der Waals surface area contributed by atoms with Crippen molar-refractivity contribution in [2.24, 2.45) is 0 Å². The third-order valence-electron chi connectivity index (χ3n) is 3.67. The van der Waals surface area contributed by atoms with Crippen molar-refractivity contribution in [3.05, 3.63) is 33.5 Å². The third-order valence-corrected chi connectivity index (χ3v) is 4.13. The van der Waals surface area contributed by atoms with Crippen LogP contribution < -0.4 is 5.32 Å². The molecule has 21 heavy (non-hydrogen) atoms. The van der Waals surface area contributed by atoms with Crippen molar-refractivity contribution in [1.29, 1.82) is 0 Å². The standard InChI is InChI=1S/C14H18BrF3N2O/c1-9-6-10(15)7-11(12(9)16)13(14(17,18)8-21)20-4-2-19-3-5-20/h6-7,13,19,21H,2-5,8H2,1H3/t13-/m0/s1. The molecule has 0 unspecified atom stereocenters. The molecule has 1 aliphatic rings. The molecule has 2 N–H and O–H groups in total. The summed E-state index contributed by atoms with van der Waals surface area (Å²) in [5, 5.41) is 12.1. The van der Waals surface area contributed by atoms with Gasteiger partial charge in [0.25, 0.3) is 5.92 Å². The maximum absolute atomic E-state index is 14.4. The molecular formula is C14H18BrF3N2O. The molecule has 0 aromatic heterocycles. The Hall–Kier alpha value is -0.630. The second-order valence-electron chi connectivity index (χ2n) is 5.23. The molecule has 1 aliphatic heterocycles. The molecule has 1 atom stereocenters. The van der Waals surface area contributed by atoms with Crippen LogP contribution in [0.2, 0.25) is 0 Å². The number of nitrogens with one attached hydrogen (secondary N) is 1. The van der Waals surface area contributed by atoms with Crippen LogP contribution in [0.3, 0.4) is 0 Å². The number of aryl methyl sites for hydroxylation is 1. The van der Waals surface area contributed by atoms with E-state index in [0.717, 1.165) is 0 Å². The minimum atomic E-state index is -3.41. The van der Waals surface area contributed by atoms with E-state index >= 15 is 0 Å². The summed E-state index contributed by atoms with van der Waals surface area (Å²) < 4.78 is 43.4. The lowest BCUT2D eigenvalue weighted by molar-refractivity contribution is -0.119. The highest BCUT2D eigenvalue weighted by Crippen LogP contribution is 2.39. The summed E-state index contributed by atoms with van der Waals surface area (Å²) in [6, 6.07) is 1.45. The molecule has 3 nitrogen and oxygen atoms in total. The van der Waals surface area contributed by atoms with E-state index in [9.17, 15) is 13.2 Å². The lowest BCUT2D eigenvalue weighted by atomic mass is 9.96. The van der Waals surface area contributed by atoms with Gasteiger partial charge in [0, 0.05) is 36.2 Å². The molecule has 1 aromatic carbocycles. The molecule has 0 bridgehead atoms. The van der Waals surface area contributed by atoms with Crippen LogP contribution in [0, 0.1) is 12.7 Å². The number of rotatable bonds is 4. The molecule has 2 rings (SSSR count). The van der Waals surface area contributed by atoms with Gasteiger partial charge in [-0.1, -0.05) is 15.9 Å². The number of benzene rings is 1. The number of nitrogens with zero attached hydrogens (tertiary/aromatic N) is 1. The molecule has 1 aromatic rings. The van der Waals surface area contributed by atoms with E-state index in [1.54, 1.807) is 6.07 Å². The summed E-state index contributed by atoms with van der Waals surface area (Å²) in [6.07, 6.45) is 0. The summed E-state index contributed by atoms with van der Waals surface area (Å²) in [6.45, 7) is 2.11. The highest BCUT2D eigenvalue weighted by molar-refractivity contribution is 9.10. The van der Waals surface area contributed by atoms with Crippen LogP contribution in [-0.4, -0.2) is 48.7 Å². The Labute approximate surface area is 130 Å². The molecule has 0 aliphatic carbocycles. The monoisotopic (exact) mass is 366 g/mol. The summed E-state index contributed by atoms with van der Waals surface area (Å²) in [5.41, 5.74) is 0.219. The molecule has 0 saturated carbocycles. The van der Waals surface area contributed by atoms with Crippen LogP contribution in [-0.2, 0) is 0 Å². The fraction of sp³-hybridized carbons (Fsp3) is 0.571. The summed E-state index contributed by atoms with van der Waals surface area (Å²) in [5.74, 6) is -4.05. The summed E-state index contributed by atoms with van der Waals surface area (Å²) in [7, 11) is 0. The first kappa shape index (κ1) is 16.7. The van der Waals surface area contributed by atoms with Crippen molar-refractivity contribution >= 4 is 15.9 Å². The Bertz CT molecular complexity index is 507. The van der Waals surface area contributed by atoms with Gasteiger partial charge in [-0.15, -0.1) is 0 Å². The van der Waals surface area contributed by atoms with Gasteiger partial charge in [0.1, 0.15) is 18.5 Å². The van der Waals surface area contributed by atoms with Crippen molar-refractivity contribution in [3.63, 3.8) is 0 Å². The summed E-state index contributed by atoms with van der Waals surface area (Å²) >= 11 is 3.22. The van der Waals surface area contributed by atoms with Gasteiger partial charge in [-0.05, 0) is 24.6 Å². The van der Waals surface area contributed by atoms with Gasteiger partial charge in [-0.3, -0.25) is 4.90 Å². The van der Waals surface area contributed by atoms with Gasteiger partial charge in [0.15, 0.2) is 0 Å². The fourth-order valence-electron chi connectivity index (χ4n) is 2.67. The van der Waals surface area contributed by atoms with E-state index in [0.29, 0.717) is 36.2 Å². The topological polar surface area (TPSA) is 35.5 Å². The maximum Gasteiger partial charge on any atom is 0.290 e. The van der Waals surface area contributed by atoms with Gasteiger partial charge in [-0.25, -0.2) is 13.2 Å². The largest absolute Gasteiger partial charge is 0.390 e. The van der Waals surface area contributed by atoms with Crippen molar-refractivity contribution < 1.29 is 18.3 Å². The van der Waals surface area contributed by atoms with Crippen molar-refractivity contribution in [1.82, 2.24) is 10.2 Å². The number of hydrogen-bond acceptors (Lipinski definition) is 3. The zero-order valence-corrected chi connectivity index (χ0v) is 13.3. The third kappa shape index (κ3) is 3.59. The van der Waals surface area contributed by atoms with Gasteiger partial charge >= 0.3 is 0 Å². The fourth-order valence-corrected chi connectivity index (χ4v) is 3.26. The lowest BCUT2D eigenvalue weighted by Gasteiger charge is -2.39. The molecule has 7 heteroatoms. The highest BCUT2D eigenvalue weighted by atomic mass is 79.9. The minimum absolute atomic E-state index is 0.0807. The molecular weight excluding hydrogens is 349 g/mol. The Morgan fingerprint density at radius 3 is 2.57 bits per heavy atom. The van der Waals surface area contributed by atoms with Crippen LogP contribution in [0.4, 0.5) is 13.2 Å².